The van der Waals surface area contributed by atoms with Gasteiger partial charge < -0.3 is 9.14 Å². The Balaban J connectivity index is 0.00000196. The molecule has 2 aromatic rings. The van der Waals surface area contributed by atoms with E-state index < -0.39 is 0 Å². The molecule has 1 atom stereocenters. The van der Waals surface area contributed by atoms with Crippen LogP contribution in [0.4, 0.5) is 0 Å². The number of halogens is 1. The van der Waals surface area contributed by atoms with Crippen LogP contribution in [0, 0.1) is 12.3 Å². The number of hydrogen-bond donors (Lipinski definition) is 0. The van der Waals surface area contributed by atoms with Crippen molar-refractivity contribution in [2.75, 3.05) is 20.2 Å². The Hall–Kier alpha value is -1.19. The van der Waals surface area contributed by atoms with Gasteiger partial charge in [0.05, 0.1) is 12.6 Å². The van der Waals surface area contributed by atoms with Crippen molar-refractivity contribution < 1.29 is 4.74 Å². The highest BCUT2D eigenvalue weighted by molar-refractivity contribution is 5.85. The zero-order valence-corrected chi connectivity index (χ0v) is 17.5. The van der Waals surface area contributed by atoms with E-state index in [2.05, 4.69) is 48.4 Å². The van der Waals surface area contributed by atoms with Gasteiger partial charge in [-0.3, -0.25) is 4.90 Å². The van der Waals surface area contributed by atoms with Crippen molar-refractivity contribution in [3.05, 3.63) is 35.2 Å². The molecule has 144 valence electrons. The Morgan fingerprint density at radius 2 is 1.88 bits per heavy atom. The van der Waals surface area contributed by atoms with Gasteiger partial charge in [0.1, 0.15) is 5.75 Å². The number of aryl methyl sites for hydroxylation is 2. The molecule has 1 aliphatic carbocycles. The topological polar surface area (TPSA) is 16.9 Å². The minimum absolute atomic E-state index is 0. The van der Waals surface area contributed by atoms with Crippen LogP contribution in [0.2, 0.25) is 0 Å². The summed E-state index contributed by atoms with van der Waals surface area (Å²) >= 11 is 0. The van der Waals surface area contributed by atoms with Crippen molar-refractivity contribution in [2.45, 2.75) is 65.3 Å². The third kappa shape index (κ3) is 2.75. The SMILES string of the molecule is CCC1(CC)CCc2c(c(C)c3cc(OC)ccn23)C1N1CCCC1.Cl. The quantitative estimate of drug-likeness (QED) is 0.693. The lowest BCUT2D eigenvalue weighted by molar-refractivity contribution is 0.0506. The van der Waals surface area contributed by atoms with E-state index in [-0.39, 0.29) is 12.4 Å². The molecule has 1 aliphatic heterocycles. The van der Waals surface area contributed by atoms with E-state index in [1.165, 1.54) is 62.7 Å². The van der Waals surface area contributed by atoms with Crippen LogP contribution in [0.5, 0.6) is 5.75 Å². The number of likely N-dealkylation sites (tertiary alicyclic amines) is 1. The third-order valence-corrected chi connectivity index (χ3v) is 7.18. The van der Waals surface area contributed by atoms with Gasteiger partial charge in [0.15, 0.2) is 0 Å². The summed E-state index contributed by atoms with van der Waals surface area (Å²) in [6.07, 6.45) is 9.99. The maximum Gasteiger partial charge on any atom is 0.122 e. The van der Waals surface area contributed by atoms with Crippen molar-refractivity contribution in [1.29, 1.82) is 0 Å². The molecule has 0 radical (unpaired) electrons. The molecule has 0 spiro atoms. The van der Waals surface area contributed by atoms with Crippen LogP contribution in [0.15, 0.2) is 18.3 Å². The molecule has 1 unspecified atom stereocenters. The summed E-state index contributed by atoms with van der Waals surface area (Å²) in [7, 11) is 1.76. The number of pyridine rings is 1. The van der Waals surface area contributed by atoms with E-state index in [4.69, 9.17) is 4.74 Å². The van der Waals surface area contributed by atoms with Crippen LogP contribution < -0.4 is 4.74 Å². The van der Waals surface area contributed by atoms with Crippen LogP contribution in [0.3, 0.4) is 0 Å². The molecule has 4 rings (SSSR count). The normalized spacial score (nSPS) is 22.2. The summed E-state index contributed by atoms with van der Waals surface area (Å²) in [5.74, 6) is 0.959. The van der Waals surface area contributed by atoms with Gasteiger partial charge in [-0.15, -0.1) is 12.4 Å². The Morgan fingerprint density at radius 1 is 1.19 bits per heavy atom. The zero-order chi connectivity index (χ0) is 17.6. The largest absolute Gasteiger partial charge is 0.497 e. The van der Waals surface area contributed by atoms with Gasteiger partial charge in [0.2, 0.25) is 0 Å². The Bertz CT molecular complexity index is 772. The number of ether oxygens (including phenoxy) is 1. The van der Waals surface area contributed by atoms with Crippen LogP contribution in [0.25, 0.3) is 5.52 Å². The van der Waals surface area contributed by atoms with Gasteiger partial charge in [-0.1, -0.05) is 13.8 Å². The summed E-state index contributed by atoms with van der Waals surface area (Å²) < 4.78 is 7.93. The second-order valence-electron chi connectivity index (χ2n) is 8.02. The first-order chi connectivity index (χ1) is 12.1. The fourth-order valence-corrected chi connectivity index (χ4v) is 5.60. The van der Waals surface area contributed by atoms with Crippen LogP contribution in [-0.2, 0) is 6.42 Å². The number of fused-ring (bicyclic) bond motifs is 3. The number of rotatable bonds is 4. The number of methoxy groups -OCH3 is 1. The average molecular weight is 377 g/mol. The molecule has 3 heterocycles. The molecule has 0 saturated carbocycles. The van der Waals surface area contributed by atoms with Crippen LogP contribution in [-0.4, -0.2) is 29.5 Å². The Morgan fingerprint density at radius 3 is 2.50 bits per heavy atom. The molecule has 4 heteroatoms. The number of nitrogens with zero attached hydrogens (tertiary/aromatic N) is 2. The molecule has 26 heavy (non-hydrogen) atoms. The highest BCUT2D eigenvalue weighted by Crippen LogP contribution is 2.54. The predicted octanol–water partition coefficient (Wildman–Crippen LogP) is 5.57. The smallest absolute Gasteiger partial charge is 0.122 e. The predicted molar refractivity (Wildman–Crippen MR) is 111 cm³/mol. The molecule has 3 nitrogen and oxygen atoms in total. The Kier molecular flexibility index (Phi) is 5.60. The first kappa shape index (κ1) is 19.6. The fourth-order valence-electron chi connectivity index (χ4n) is 5.60. The Labute approximate surface area is 164 Å². The lowest BCUT2D eigenvalue weighted by Gasteiger charge is -2.48. The maximum absolute atomic E-state index is 5.50. The summed E-state index contributed by atoms with van der Waals surface area (Å²) in [5.41, 5.74) is 6.40. The first-order valence-corrected chi connectivity index (χ1v) is 10.1. The second kappa shape index (κ2) is 7.44. The summed E-state index contributed by atoms with van der Waals surface area (Å²) in [4.78, 5) is 2.80. The van der Waals surface area contributed by atoms with Gasteiger partial charge in [-0.25, -0.2) is 0 Å². The number of hydrogen-bond acceptors (Lipinski definition) is 2. The van der Waals surface area contributed by atoms with Crippen LogP contribution >= 0.6 is 12.4 Å². The third-order valence-electron chi connectivity index (χ3n) is 7.18. The summed E-state index contributed by atoms with van der Waals surface area (Å²) in [6, 6.07) is 4.90. The van der Waals surface area contributed by atoms with Gasteiger partial charge in [0, 0.05) is 24.0 Å². The highest BCUT2D eigenvalue weighted by atomic mass is 35.5. The van der Waals surface area contributed by atoms with E-state index in [1.54, 1.807) is 18.4 Å². The standard InChI is InChI=1S/C22H32N2O.ClH/c1-5-22(6-2)11-9-18-20(21(22)23-12-7-8-13-23)16(3)19-15-17(25-4)10-14-24(18)19;/h10,14-15,21H,5-9,11-13H2,1-4H3;1H. The van der Waals surface area contributed by atoms with Crippen molar-refractivity contribution in [3.8, 4) is 5.75 Å². The monoisotopic (exact) mass is 376 g/mol. The molecule has 0 N–H and O–H groups in total. The van der Waals surface area contributed by atoms with Gasteiger partial charge in [-0.05, 0) is 81.1 Å². The lowest BCUT2D eigenvalue weighted by Crippen LogP contribution is -2.43. The van der Waals surface area contributed by atoms with Gasteiger partial charge >= 0.3 is 0 Å². The van der Waals surface area contributed by atoms with Crippen molar-refractivity contribution in [3.63, 3.8) is 0 Å². The summed E-state index contributed by atoms with van der Waals surface area (Å²) in [5, 5.41) is 0. The van der Waals surface area contributed by atoms with E-state index in [1.807, 2.05) is 0 Å². The maximum atomic E-state index is 5.50. The van der Waals surface area contributed by atoms with Gasteiger partial charge in [0.25, 0.3) is 0 Å². The van der Waals surface area contributed by atoms with E-state index in [9.17, 15) is 0 Å². The van der Waals surface area contributed by atoms with Crippen molar-refractivity contribution >= 4 is 17.9 Å². The average Bonchev–Trinajstić information content (AvgIpc) is 3.28. The minimum atomic E-state index is 0. The van der Waals surface area contributed by atoms with E-state index >= 15 is 0 Å². The van der Waals surface area contributed by atoms with E-state index in [0.29, 0.717) is 11.5 Å². The zero-order valence-electron chi connectivity index (χ0n) is 16.7. The second-order valence-corrected chi connectivity index (χ2v) is 8.02. The minimum Gasteiger partial charge on any atom is -0.497 e. The molecule has 2 aliphatic rings. The molecular formula is C22H33ClN2O. The lowest BCUT2D eigenvalue weighted by atomic mass is 9.65. The van der Waals surface area contributed by atoms with Crippen molar-refractivity contribution in [1.82, 2.24) is 9.30 Å². The number of aromatic nitrogens is 1. The molecule has 0 bridgehead atoms. The molecule has 1 saturated heterocycles. The molecule has 1 fully saturated rings. The molecular weight excluding hydrogens is 344 g/mol. The van der Waals surface area contributed by atoms with Crippen molar-refractivity contribution in [2.24, 2.45) is 5.41 Å². The molecule has 2 aromatic heterocycles. The van der Waals surface area contributed by atoms with E-state index in [0.717, 1.165) is 5.75 Å². The molecule has 0 aromatic carbocycles. The summed E-state index contributed by atoms with van der Waals surface area (Å²) in [6.45, 7) is 9.68. The van der Waals surface area contributed by atoms with Crippen LogP contribution in [0.1, 0.15) is 68.8 Å². The fraction of sp³-hybridized carbons (Fsp3) is 0.636. The molecule has 0 amide bonds. The van der Waals surface area contributed by atoms with Gasteiger partial charge in [-0.2, -0.15) is 0 Å². The highest BCUT2D eigenvalue weighted by Gasteiger charge is 2.46. The first-order valence-electron chi connectivity index (χ1n) is 10.1.